The van der Waals surface area contributed by atoms with Gasteiger partial charge in [-0.2, -0.15) is 0 Å². The Morgan fingerprint density at radius 3 is 2.63 bits per heavy atom. The topological polar surface area (TPSA) is 49.4 Å². The van der Waals surface area contributed by atoms with E-state index >= 15 is 0 Å². The fourth-order valence-corrected chi connectivity index (χ4v) is 3.98. The maximum Gasteiger partial charge on any atom is 0.218 e. The Morgan fingerprint density at radius 2 is 2.00 bits per heavy atom. The van der Waals surface area contributed by atoms with Crippen LogP contribution in [-0.4, -0.2) is 38.9 Å². The maximum absolute atomic E-state index is 12.4. The molecule has 0 aromatic heterocycles. The number of nitrogens with zero attached hydrogens (tertiary/aromatic N) is 1. The highest BCUT2D eigenvalue weighted by Crippen LogP contribution is 2.18. The fourth-order valence-electron chi connectivity index (χ4n) is 2.51. The third-order valence-corrected chi connectivity index (χ3v) is 5.57. The molecule has 0 aliphatic carbocycles. The largest absolute Gasteiger partial charge is 0.317 e. The van der Waals surface area contributed by atoms with E-state index in [1.54, 1.807) is 11.4 Å². The molecule has 5 heteroatoms. The summed E-state index contributed by atoms with van der Waals surface area (Å²) >= 11 is 0. The first kappa shape index (κ1) is 14.5. The molecule has 4 nitrogen and oxygen atoms in total. The minimum absolute atomic E-state index is 0.0924. The van der Waals surface area contributed by atoms with E-state index in [2.05, 4.69) is 5.32 Å². The molecule has 1 aromatic carbocycles. The Bertz CT molecular complexity index is 522. The van der Waals surface area contributed by atoms with Crippen molar-refractivity contribution in [3.63, 3.8) is 0 Å². The number of sulfonamides is 1. The van der Waals surface area contributed by atoms with Crippen molar-refractivity contribution in [1.82, 2.24) is 9.62 Å². The van der Waals surface area contributed by atoms with Crippen LogP contribution in [0.5, 0.6) is 0 Å². The second kappa shape index (κ2) is 6.03. The van der Waals surface area contributed by atoms with Crippen molar-refractivity contribution in [3.8, 4) is 0 Å². The Balaban J connectivity index is 2.08. The lowest BCUT2D eigenvalue weighted by molar-refractivity contribution is 0.296. The molecule has 1 heterocycles. The van der Waals surface area contributed by atoms with Gasteiger partial charge in [-0.15, -0.1) is 0 Å². The molecule has 1 fully saturated rings. The van der Waals surface area contributed by atoms with Crippen molar-refractivity contribution < 1.29 is 8.42 Å². The lowest BCUT2D eigenvalue weighted by Crippen LogP contribution is -2.44. The summed E-state index contributed by atoms with van der Waals surface area (Å²) in [6.45, 7) is 3.77. The molecule has 2 rings (SSSR count). The van der Waals surface area contributed by atoms with Gasteiger partial charge in [0.05, 0.1) is 5.75 Å². The van der Waals surface area contributed by atoms with Crippen LogP contribution in [0.25, 0.3) is 0 Å². The molecule has 0 amide bonds. The summed E-state index contributed by atoms with van der Waals surface area (Å²) < 4.78 is 26.4. The SMILES string of the molecule is Cc1cccc(CS(=O)(=O)N(C)C2CCNCC2)c1. The Labute approximate surface area is 115 Å². The van der Waals surface area contributed by atoms with Gasteiger partial charge in [-0.05, 0) is 38.4 Å². The second-order valence-corrected chi connectivity index (χ2v) is 7.27. The van der Waals surface area contributed by atoms with E-state index in [0.717, 1.165) is 37.1 Å². The minimum Gasteiger partial charge on any atom is -0.317 e. The predicted octanol–water partition coefficient (Wildman–Crippen LogP) is 1.51. The van der Waals surface area contributed by atoms with E-state index in [0.29, 0.717) is 0 Å². The zero-order valence-corrected chi connectivity index (χ0v) is 12.4. The zero-order valence-electron chi connectivity index (χ0n) is 11.6. The van der Waals surface area contributed by atoms with Crippen LogP contribution in [0, 0.1) is 6.92 Å². The van der Waals surface area contributed by atoms with Crippen molar-refractivity contribution in [3.05, 3.63) is 35.4 Å². The average Bonchev–Trinajstić information content (AvgIpc) is 2.38. The van der Waals surface area contributed by atoms with Crippen molar-refractivity contribution >= 4 is 10.0 Å². The number of rotatable bonds is 4. The van der Waals surface area contributed by atoms with Gasteiger partial charge in [0.1, 0.15) is 0 Å². The van der Waals surface area contributed by atoms with Gasteiger partial charge < -0.3 is 5.32 Å². The molecule has 0 radical (unpaired) electrons. The molecule has 1 aliphatic rings. The molecule has 1 saturated heterocycles. The molecule has 1 aromatic rings. The number of aryl methyl sites for hydroxylation is 1. The minimum atomic E-state index is -3.22. The third kappa shape index (κ3) is 3.78. The van der Waals surface area contributed by atoms with Gasteiger partial charge in [0.25, 0.3) is 0 Å². The summed E-state index contributed by atoms with van der Waals surface area (Å²) in [6, 6.07) is 7.84. The van der Waals surface area contributed by atoms with Crippen LogP contribution in [0.1, 0.15) is 24.0 Å². The Morgan fingerprint density at radius 1 is 1.32 bits per heavy atom. The number of piperidine rings is 1. The van der Waals surface area contributed by atoms with E-state index in [1.165, 1.54) is 0 Å². The van der Waals surface area contributed by atoms with E-state index in [4.69, 9.17) is 0 Å². The molecule has 106 valence electrons. The van der Waals surface area contributed by atoms with E-state index in [-0.39, 0.29) is 11.8 Å². The Kier molecular flexibility index (Phi) is 4.60. The first-order valence-electron chi connectivity index (χ1n) is 6.71. The fraction of sp³-hybridized carbons (Fsp3) is 0.571. The van der Waals surface area contributed by atoms with Crippen LogP contribution in [0.4, 0.5) is 0 Å². The van der Waals surface area contributed by atoms with Crippen LogP contribution in [0.15, 0.2) is 24.3 Å². The Hall–Kier alpha value is -0.910. The summed E-state index contributed by atoms with van der Waals surface area (Å²) in [5, 5.41) is 3.26. The lowest BCUT2D eigenvalue weighted by atomic mass is 10.1. The molecular formula is C14H22N2O2S. The highest BCUT2D eigenvalue weighted by molar-refractivity contribution is 7.88. The second-order valence-electron chi connectivity index (χ2n) is 5.24. The highest BCUT2D eigenvalue weighted by atomic mass is 32.2. The third-order valence-electron chi connectivity index (χ3n) is 3.69. The molecule has 0 spiro atoms. The number of nitrogens with one attached hydrogen (secondary N) is 1. The van der Waals surface area contributed by atoms with Gasteiger partial charge in [-0.25, -0.2) is 12.7 Å². The molecule has 0 atom stereocenters. The average molecular weight is 282 g/mol. The van der Waals surface area contributed by atoms with Gasteiger partial charge in [-0.1, -0.05) is 29.8 Å². The molecule has 19 heavy (non-hydrogen) atoms. The van der Waals surface area contributed by atoms with Gasteiger partial charge in [0.2, 0.25) is 10.0 Å². The number of hydrogen-bond donors (Lipinski definition) is 1. The number of benzene rings is 1. The standard InChI is InChI=1S/C14H22N2O2S/c1-12-4-3-5-13(10-12)11-19(17,18)16(2)14-6-8-15-9-7-14/h3-5,10,14-15H,6-9,11H2,1-2H3. The smallest absolute Gasteiger partial charge is 0.218 e. The van der Waals surface area contributed by atoms with Crippen molar-refractivity contribution in [2.75, 3.05) is 20.1 Å². The molecule has 0 unspecified atom stereocenters. The summed E-state index contributed by atoms with van der Waals surface area (Å²) in [5.41, 5.74) is 1.96. The van der Waals surface area contributed by atoms with Crippen LogP contribution < -0.4 is 5.32 Å². The normalized spacial score (nSPS) is 17.8. The van der Waals surface area contributed by atoms with Gasteiger partial charge in [-0.3, -0.25) is 0 Å². The van der Waals surface area contributed by atoms with Crippen molar-refractivity contribution in [2.45, 2.75) is 31.6 Å². The number of hydrogen-bond acceptors (Lipinski definition) is 3. The van der Waals surface area contributed by atoms with Crippen LogP contribution in [0.3, 0.4) is 0 Å². The maximum atomic E-state index is 12.4. The quantitative estimate of drug-likeness (QED) is 0.910. The monoisotopic (exact) mass is 282 g/mol. The van der Waals surface area contributed by atoms with E-state index in [9.17, 15) is 8.42 Å². The highest BCUT2D eigenvalue weighted by Gasteiger charge is 2.27. The first-order valence-corrected chi connectivity index (χ1v) is 8.32. The van der Waals surface area contributed by atoms with Crippen molar-refractivity contribution in [1.29, 1.82) is 0 Å². The summed E-state index contributed by atoms with van der Waals surface area (Å²) in [7, 11) is -1.51. The van der Waals surface area contributed by atoms with E-state index in [1.807, 2.05) is 31.2 Å². The first-order chi connectivity index (χ1) is 8.99. The predicted molar refractivity (Wildman–Crippen MR) is 77.5 cm³/mol. The summed E-state index contributed by atoms with van der Waals surface area (Å²) in [6.07, 6.45) is 1.78. The van der Waals surface area contributed by atoms with Crippen LogP contribution in [0.2, 0.25) is 0 Å². The molecule has 1 N–H and O–H groups in total. The molecule has 0 bridgehead atoms. The van der Waals surface area contributed by atoms with Gasteiger partial charge in [0.15, 0.2) is 0 Å². The van der Waals surface area contributed by atoms with E-state index < -0.39 is 10.0 Å². The van der Waals surface area contributed by atoms with Gasteiger partial charge >= 0.3 is 0 Å². The van der Waals surface area contributed by atoms with Crippen molar-refractivity contribution in [2.24, 2.45) is 0 Å². The van der Waals surface area contributed by atoms with Crippen LogP contribution >= 0.6 is 0 Å². The summed E-state index contributed by atoms with van der Waals surface area (Å²) in [4.78, 5) is 0. The zero-order chi connectivity index (χ0) is 13.9. The molecular weight excluding hydrogens is 260 g/mol. The van der Waals surface area contributed by atoms with Crippen LogP contribution in [-0.2, 0) is 15.8 Å². The lowest BCUT2D eigenvalue weighted by Gasteiger charge is -2.30. The molecule has 1 aliphatic heterocycles. The molecule has 0 saturated carbocycles. The summed E-state index contributed by atoms with van der Waals surface area (Å²) in [5.74, 6) is 0.0924. The van der Waals surface area contributed by atoms with Gasteiger partial charge in [0, 0.05) is 13.1 Å².